The van der Waals surface area contributed by atoms with Gasteiger partial charge in [-0.05, 0) is 45.7 Å². The standard InChI is InChI=1S/C20H34/c1-14(2)13-16-11-10-12-17(15(3)19(4,5)6)18(16)20(7,8)9/h10-12,14-15H,13H2,1-9H3/i13D2,15D. The van der Waals surface area contributed by atoms with Crippen LogP contribution in [-0.2, 0) is 11.8 Å². The zero-order valence-corrected chi connectivity index (χ0v) is 14.8. The summed E-state index contributed by atoms with van der Waals surface area (Å²) in [7, 11) is 0. The molecule has 0 N–H and O–H groups in total. The molecule has 0 spiro atoms. The maximum atomic E-state index is 9.03. The Morgan fingerprint density at radius 1 is 1.05 bits per heavy atom. The summed E-state index contributed by atoms with van der Waals surface area (Å²) in [6, 6.07) is 5.83. The molecular weight excluding hydrogens is 240 g/mol. The molecule has 0 saturated heterocycles. The molecule has 1 atom stereocenters. The summed E-state index contributed by atoms with van der Waals surface area (Å²) in [6.45, 7) is 18.4. The van der Waals surface area contributed by atoms with Crippen molar-refractivity contribution in [1.29, 1.82) is 0 Å². The molecule has 20 heavy (non-hydrogen) atoms. The molecule has 0 heterocycles. The van der Waals surface area contributed by atoms with Crippen molar-refractivity contribution in [3.8, 4) is 0 Å². The van der Waals surface area contributed by atoms with Gasteiger partial charge in [0.2, 0.25) is 0 Å². The van der Waals surface area contributed by atoms with E-state index < -0.39 is 12.3 Å². The monoisotopic (exact) mass is 277 g/mol. The van der Waals surface area contributed by atoms with Crippen LogP contribution < -0.4 is 0 Å². The van der Waals surface area contributed by atoms with Gasteiger partial charge in [0, 0.05) is 4.11 Å². The molecule has 0 aliphatic carbocycles. The molecule has 0 amide bonds. The Balaban J connectivity index is 3.84. The van der Waals surface area contributed by atoms with Gasteiger partial charge in [0.05, 0.1) is 0 Å². The summed E-state index contributed by atoms with van der Waals surface area (Å²) in [5, 5.41) is 0. The molecule has 0 aromatic heterocycles. The van der Waals surface area contributed by atoms with Gasteiger partial charge in [0.1, 0.15) is 0 Å². The summed E-state index contributed by atoms with van der Waals surface area (Å²) >= 11 is 0. The Hall–Kier alpha value is -0.780. The lowest BCUT2D eigenvalue weighted by molar-refractivity contribution is 0.335. The number of hydrogen-bond donors (Lipinski definition) is 0. The van der Waals surface area contributed by atoms with Crippen molar-refractivity contribution >= 4 is 0 Å². The molecular formula is C20H34. The Morgan fingerprint density at radius 2 is 1.60 bits per heavy atom. The summed E-state index contributed by atoms with van der Waals surface area (Å²) in [5.41, 5.74) is 2.21. The molecule has 0 radical (unpaired) electrons. The number of benzene rings is 1. The van der Waals surface area contributed by atoms with Crippen molar-refractivity contribution in [3.63, 3.8) is 0 Å². The summed E-state index contributed by atoms with van der Waals surface area (Å²) in [6.07, 6.45) is -1.41. The second kappa shape index (κ2) is 5.92. The maximum Gasteiger partial charge on any atom is 0.0355 e. The molecule has 0 nitrogen and oxygen atoms in total. The van der Waals surface area contributed by atoms with Gasteiger partial charge in [-0.2, -0.15) is 0 Å². The lowest BCUT2D eigenvalue weighted by Crippen LogP contribution is -2.23. The lowest BCUT2D eigenvalue weighted by atomic mass is 9.70. The maximum absolute atomic E-state index is 9.03. The van der Waals surface area contributed by atoms with E-state index in [9.17, 15) is 0 Å². The largest absolute Gasteiger partial charge is 0.0625 e. The molecule has 114 valence electrons. The smallest absolute Gasteiger partial charge is 0.0355 e. The molecule has 0 aliphatic rings. The Kier molecular flexibility index (Phi) is 3.82. The molecule has 0 saturated carbocycles. The van der Waals surface area contributed by atoms with Gasteiger partial charge >= 0.3 is 0 Å². The van der Waals surface area contributed by atoms with Gasteiger partial charge in [0.25, 0.3) is 0 Å². The fourth-order valence-electron chi connectivity index (χ4n) is 2.51. The van der Waals surface area contributed by atoms with Gasteiger partial charge in [-0.1, -0.05) is 80.5 Å². The first kappa shape index (κ1) is 12.9. The topological polar surface area (TPSA) is 0 Å². The van der Waals surface area contributed by atoms with Gasteiger partial charge in [0.15, 0.2) is 0 Å². The highest BCUT2D eigenvalue weighted by Crippen LogP contribution is 2.41. The van der Waals surface area contributed by atoms with E-state index in [-0.39, 0.29) is 16.7 Å². The molecule has 0 bridgehead atoms. The molecule has 0 fully saturated rings. The first-order valence-electron chi connectivity index (χ1n) is 9.19. The average Bonchev–Trinajstić information content (AvgIpc) is 2.35. The van der Waals surface area contributed by atoms with Crippen LogP contribution in [-0.4, -0.2) is 0 Å². The minimum Gasteiger partial charge on any atom is -0.0625 e. The fraction of sp³-hybridized carbons (Fsp3) is 0.700. The minimum atomic E-state index is -1.41. The van der Waals surface area contributed by atoms with E-state index in [1.807, 2.05) is 39.0 Å². The highest BCUT2D eigenvalue weighted by Gasteiger charge is 2.29. The number of rotatable bonds is 3. The minimum absolute atomic E-state index is 0.120. The predicted octanol–water partition coefficient (Wildman–Crippen LogP) is 6.33. The van der Waals surface area contributed by atoms with E-state index in [0.29, 0.717) is 0 Å². The SMILES string of the molecule is [2H]C([2H])(c1cccc(C([2H])(C)C(C)(C)C)c1C(C)(C)C)C(C)C. The van der Waals surface area contributed by atoms with Crippen molar-refractivity contribution in [3.05, 3.63) is 34.9 Å². The third-order valence-electron chi connectivity index (χ3n) is 3.79. The Labute approximate surface area is 131 Å². The average molecular weight is 278 g/mol. The Bertz CT molecular complexity index is 555. The summed E-state index contributed by atoms with van der Waals surface area (Å²) < 4.78 is 26.2. The second-order valence-corrected chi connectivity index (χ2v) is 8.15. The summed E-state index contributed by atoms with van der Waals surface area (Å²) in [5.74, 6) is -0.913. The van der Waals surface area contributed by atoms with E-state index in [1.165, 1.54) is 0 Å². The van der Waals surface area contributed by atoms with E-state index in [2.05, 4.69) is 41.5 Å². The highest BCUT2D eigenvalue weighted by atomic mass is 14.3. The first-order valence-corrected chi connectivity index (χ1v) is 7.69. The highest BCUT2D eigenvalue weighted by molar-refractivity contribution is 5.43. The van der Waals surface area contributed by atoms with Crippen LogP contribution >= 0.6 is 0 Å². The Morgan fingerprint density at radius 3 is 2.00 bits per heavy atom. The van der Waals surface area contributed by atoms with Gasteiger partial charge < -0.3 is 0 Å². The van der Waals surface area contributed by atoms with Crippen molar-refractivity contribution in [2.24, 2.45) is 11.3 Å². The van der Waals surface area contributed by atoms with Crippen LogP contribution in [0, 0.1) is 11.3 Å². The van der Waals surface area contributed by atoms with Gasteiger partial charge in [-0.15, -0.1) is 0 Å². The molecule has 0 aliphatic heterocycles. The number of hydrogen-bond acceptors (Lipinski definition) is 0. The van der Waals surface area contributed by atoms with Crippen LogP contribution in [0.3, 0.4) is 0 Å². The van der Waals surface area contributed by atoms with Crippen LogP contribution in [0.15, 0.2) is 18.2 Å². The van der Waals surface area contributed by atoms with Gasteiger partial charge in [-0.3, -0.25) is 0 Å². The molecule has 0 heteroatoms. The fourth-order valence-corrected chi connectivity index (χ4v) is 2.51. The predicted molar refractivity (Wildman–Crippen MR) is 91.6 cm³/mol. The van der Waals surface area contributed by atoms with Crippen LogP contribution in [0.5, 0.6) is 0 Å². The van der Waals surface area contributed by atoms with Crippen molar-refractivity contribution in [1.82, 2.24) is 0 Å². The first-order chi connectivity index (χ1) is 10.0. The van der Waals surface area contributed by atoms with E-state index in [4.69, 9.17) is 4.11 Å². The van der Waals surface area contributed by atoms with Crippen LogP contribution in [0.1, 0.15) is 89.0 Å². The van der Waals surface area contributed by atoms with Crippen molar-refractivity contribution in [2.45, 2.75) is 80.0 Å². The molecule has 1 unspecified atom stereocenters. The molecule has 1 aromatic carbocycles. The third-order valence-corrected chi connectivity index (χ3v) is 3.79. The van der Waals surface area contributed by atoms with Crippen molar-refractivity contribution in [2.75, 3.05) is 0 Å². The van der Waals surface area contributed by atoms with Crippen LogP contribution in [0.25, 0.3) is 0 Å². The normalized spacial score (nSPS) is 19.2. The quantitative estimate of drug-likeness (QED) is 0.605. The molecule has 1 aromatic rings. The third kappa shape index (κ3) is 4.11. The van der Waals surface area contributed by atoms with Crippen LogP contribution in [0.4, 0.5) is 0 Å². The van der Waals surface area contributed by atoms with Crippen LogP contribution in [0.2, 0.25) is 0 Å². The zero-order valence-electron chi connectivity index (χ0n) is 17.8. The van der Waals surface area contributed by atoms with E-state index in [1.54, 1.807) is 0 Å². The van der Waals surface area contributed by atoms with E-state index in [0.717, 1.165) is 16.7 Å². The second-order valence-electron chi connectivity index (χ2n) is 8.15. The zero-order chi connectivity index (χ0) is 18.4. The lowest BCUT2D eigenvalue weighted by Gasteiger charge is -2.35. The van der Waals surface area contributed by atoms with E-state index >= 15 is 0 Å². The van der Waals surface area contributed by atoms with Crippen molar-refractivity contribution < 1.29 is 4.11 Å². The van der Waals surface area contributed by atoms with Gasteiger partial charge in [-0.25, -0.2) is 0 Å². The summed E-state index contributed by atoms with van der Waals surface area (Å²) in [4.78, 5) is 0. The molecule has 1 rings (SSSR count).